The highest BCUT2D eigenvalue weighted by Gasteiger charge is 2.09. The molecule has 1 unspecified atom stereocenters. The normalized spacial score (nSPS) is 12.6. The number of hydrogen-bond acceptors (Lipinski definition) is 3. The van der Waals surface area contributed by atoms with E-state index in [0.717, 1.165) is 6.54 Å². The number of hydrogen-bond donors (Lipinski definition) is 1. The first kappa shape index (κ1) is 9.86. The van der Waals surface area contributed by atoms with Gasteiger partial charge in [0.2, 0.25) is 0 Å². The lowest BCUT2D eigenvalue weighted by Gasteiger charge is -2.15. The molecule has 1 aromatic carbocycles. The average Bonchev–Trinajstić information content (AvgIpc) is 2.80. The molecule has 15 heavy (non-hydrogen) atoms. The van der Waals surface area contributed by atoms with Gasteiger partial charge in [-0.25, -0.2) is 4.98 Å². The van der Waals surface area contributed by atoms with E-state index in [-0.39, 0.29) is 6.04 Å². The van der Waals surface area contributed by atoms with Gasteiger partial charge in [0.1, 0.15) is 12.7 Å². The van der Waals surface area contributed by atoms with Gasteiger partial charge in [-0.2, -0.15) is 5.10 Å². The van der Waals surface area contributed by atoms with Crippen molar-refractivity contribution in [3.8, 4) is 0 Å². The SMILES string of the molecule is CNC(Cn1cncn1)c1ccccc1. The van der Waals surface area contributed by atoms with E-state index in [1.165, 1.54) is 5.56 Å². The summed E-state index contributed by atoms with van der Waals surface area (Å²) in [7, 11) is 1.95. The lowest BCUT2D eigenvalue weighted by atomic mass is 10.1. The smallest absolute Gasteiger partial charge is 0.137 e. The van der Waals surface area contributed by atoms with Crippen LogP contribution in [-0.4, -0.2) is 21.8 Å². The minimum atomic E-state index is 0.271. The molecular formula is C11H14N4. The van der Waals surface area contributed by atoms with Crippen LogP contribution in [0.3, 0.4) is 0 Å². The highest BCUT2D eigenvalue weighted by Crippen LogP contribution is 2.13. The number of benzene rings is 1. The van der Waals surface area contributed by atoms with Gasteiger partial charge in [0.15, 0.2) is 0 Å². The molecule has 0 aliphatic heterocycles. The summed E-state index contributed by atoms with van der Waals surface area (Å²) in [4.78, 5) is 3.93. The fourth-order valence-corrected chi connectivity index (χ4v) is 1.56. The van der Waals surface area contributed by atoms with Crippen LogP contribution in [0.2, 0.25) is 0 Å². The fourth-order valence-electron chi connectivity index (χ4n) is 1.56. The van der Waals surface area contributed by atoms with Crippen LogP contribution in [0, 0.1) is 0 Å². The average molecular weight is 202 g/mol. The predicted molar refractivity (Wildman–Crippen MR) is 58.3 cm³/mol. The zero-order chi connectivity index (χ0) is 10.5. The third-order valence-electron chi connectivity index (χ3n) is 2.39. The third-order valence-corrected chi connectivity index (χ3v) is 2.39. The Morgan fingerprint density at radius 1 is 1.33 bits per heavy atom. The molecule has 4 heteroatoms. The number of aromatic nitrogens is 3. The van der Waals surface area contributed by atoms with Gasteiger partial charge in [0, 0.05) is 0 Å². The molecule has 0 aliphatic rings. The van der Waals surface area contributed by atoms with E-state index in [0.29, 0.717) is 0 Å². The lowest BCUT2D eigenvalue weighted by Crippen LogP contribution is -2.22. The quantitative estimate of drug-likeness (QED) is 0.811. The first-order valence-corrected chi connectivity index (χ1v) is 4.95. The second kappa shape index (κ2) is 4.70. The van der Waals surface area contributed by atoms with Crippen LogP contribution in [0.1, 0.15) is 11.6 Å². The monoisotopic (exact) mass is 202 g/mol. The molecule has 1 aromatic heterocycles. The molecule has 0 bridgehead atoms. The second-order valence-electron chi connectivity index (χ2n) is 3.37. The van der Waals surface area contributed by atoms with Crippen molar-refractivity contribution in [1.29, 1.82) is 0 Å². The molecule has 1 heterocycles. The summed E-state index contributed by atoms with van der Waals surface area (Å²) in [5.74, 6) is 0. The molecule has 2 aromatic rings. The Hall–Kier alpha value is -1.68. The summed E-state index contributed by atoms with van der Waals surface area (Å²) in [6.45, 7) is 0.792. The maximum Gasteiger partial charge on any atom is 0.137 e. The summed E-state index contributed by atoms with van der Waals surface area (Å²) in [6.07, 6.45) is 3.28. The Morgan fingerprint density at radius 2 is 2.13 bits per heavy atom. The number of rotatable bonds is 4. The molecule has 0 saturated heterocycles. The van der Waals surface area contributed by atoms with E-state index in [9.17, 15) is 0 Å². The molecule has 0 spiro atoms. The van der Waals surface area contributed by atoms with E-state index < -0.39 is 0 Å². The van der Waals surface area contributed by atoms with Crippen molar-refractivity contribution in [3.05, 3.63) is 48.5 Å². The van der Waals surface area contributed by atoms with Crippen molar-refractivity contribution < 1.29 is 0 Å². The fraction of sp³-hybridized carbons (Fsp3) is 0.273. The molecule has 1 N–H and O–H groups in total. The molecule has 4 nitrogen and oxygen atoms in total. The standard InChI is InChI=1S/C11H14N4/c1-12-11(7-15-9-13-8-14-15)10-5-3-2-4-6-10/h2-6,8-9,11-12H,7H2,1H3. The summed E-state index contributed by atoms with van der Waals surface area (Å²) in [6, 6.07) is 10.6. The van der Waals surface area contributed by atoms with E-state index in [1.54, 1.807) is 12.7 Å². The second-order valence-corrected chi connectivity index (χ2v) is 3.37. The predicted octanol–water partition coefficient (Wildman–Crippen LogP) is 1.24. The highest BCUT2D eigenvalue weighted by molar-refractivity contribution is 5.18. The molecule has 0 saturated carbocycles. The molecule has 78 valence electrons. The zero-order valence-corrected chi connectivity index (χ0v) is 8.67. The zero-order valence-electron chi connectivity index (χ0n) is 8.67. The van der Waals surface area contributed by atoms with E-state index >= 15 is 0 Å². The number of nitrogens with zero attached hydrogens (tertiary/aromatic N) is 3. The Bertz CT molecular complexity index is 382. The van der Waals surface area contributed by atoms with Crippen LogP contribution >= 0.6 is 0 Å². The van der Waals surface area contributed by atoms with Gasteiger partial charge in [-0.1, -0.05) is 30.3 Å². The molecule has 0 radical (unpaired) electrons. The largest absolute Gasteiger partial charge is 0.311 e. The molecular weight excluding hydrogens is 188 g/mol. The Morgan fingerprint density at radius 3 is 2.73 bits per heavy atom. The Labute approximate surface area is 89.0 Å². The topological polar surface area (TPSA) is 42.7 Å². The highest BCUT2D eigenvalue weighted by atomic mass is 15.3. The van der Waals surface area contributed by atoms with Gasteiger partial charge >= 0.3 is 0 Å². The van der Waals surface area contributed by atoms with Crippen molar-refractivity contribution in [3.63, 3.8) is 0 Å². The van der Waals surface area contributed by atoms with Gasteiger partial charge in [0.05, 0.1) is 12.6 Å². The van der Waals surface area contributed by atoms with Crippen LogP contribution in [-0.2, 0) is 6.54 Å². The number of likely N-dealkylation sites (N-methyl/N-ethyl adjacent to an activating group) is 1. The van der Waals surface area contributed by atoms with E-state index in [4.69, 9.17) is 0 Å². The Balaban J connectivity index is 2.12. The van der Waals surface area contributed by atoms with Crippen LogP contribution in [0.15, 0.2) is 43.0 Å². The molecule has 2 rings (SSSR count). The van der Waals surface area contributed by atoms with E-state index in [2.05, 4.69) is 27.5 Å². The van der Waals surface area contributed by atoms with Crippen molar-refractivity contribution in [2.45, 2.75) is 12.6 Å². The van der Waals surface area contributed by atoms with Crippen LogP contribution in [0.4, 0.5) is 0 Å². The molecule has 0 fully saturated rings. The summed E-state index contributed by atoms with van der Waals surface area (Å²) < 4.78 is 1.83. The summed E-state index contributed by atoms with van der Waals surface area (Å²) >= 11 is 0. The first-order valence-electron chi connectivity index (χ1n) is 4.95. The van der Waals surface area contributed by atoms with Gasteiger partial charge in [-0.05, 0) is 12.6 Å². The van der Waals surface area contributed by atoms with Gasteiger partial charge in [-0.15, -0.1) is 0 Å². The van der Waals surface area contributed by atoms with Gasteiger partial charge in [0.25, 0.3) is 0 Å². The Kier molecular flexibility index (Phi) is 3.09. The van der Waals surface area contributed by atoms with Crippen molar-refractivity contribution in [2.24, 2.45) is 0 Å². The van der Waals surface area contributed by atoms with Gasteiger partial charge < -0.3 is 5.32 Å². The van der Waals surface area contributed by atoms with Crippen molar-refractivity contribution in [1.82, 2.24) is 20.1 Å². The maximum absolute atomic E-state index is 4.10. The first-order chi connectivity index (χ1) is 7.40. The van der Waals surface area contributed by atoms with E-state index in [1.807, 2.05) is 29.9 Å². The summed E-state index contributed by atoms with van der Waals surface area (Å²) in [5.41, 5.74) is 1.26. The van der Waals surface area contributed by atoms with Gasteiger partial charge in [-0.3, -0.25) is 4.68 Å². The molecule has 0 aliphatic carbocycles. The maximum atomic E-state index is 4.10. The third kappa shape index (κ3) is 2.41. The van der Waals surface area contributed by atoms with Crippen LogP contribution in [0.5, 0.6) is 0 Å². The van der Waals surface area contributed by atoms with Crippen LogP contribution in [0.25, 0.3) is 0 Å². The number of nitrogens with one attached hydrogen (secondary N) is 1. The lowest BCUT2D eigenvalue weighted by molar-refractivity contribution is 0.467. The summed E-state index contributed by atoms with van der Waals surface area (Å²) in [5, 5.41) is 7.36. The van der Waals surface area contributed by atoms with Crippen molar-refractivity contribution >= 4 is 0 Å². The molecule has 0 amide bonds. The minimum Gasteiger partial charge on any atom is -0.311 e. The van der Waals surface area contributed by atoms with Crippen LogP contribution < -0.4 is 5.32 Å². The molecule has 1 atom stereocenters. The minimum absolute atomic E-state index is 0.271. The van der Waals surface area contributed by atoms with Crippen molar-refractivity contribution in [2.75, 3.05) is 7.05 Å².